The van der Waals surface area contributed by atoms with Crippen molar-refractivity contribution >= 4 is 5.91 Å². The number of hydrogen-bond donors (Lipinski definition) is 0. The van der Waals surface area contributed by atoms with Gasteiger partial charge in [-0.25, -0.2) is 0 Å². The SMILES string of the molecule is CC(C)CN(CC(=O)N1CCOCC1)CC(C)C. The van der Waals surface area contributed by atoms with Gasteiger partial charge in [-0.1, -0.05) is 27.7 Å². The molecule has 0 unspecified atom stereocenters. The average molecular weight is 256 g/mol. The van der Waals surface area contributed by atoms with Crippen molar-refractivity contribution in [3.8, 4) is 0 Å². The lowest BCUT2D eigenvalue weighted by Crippen LogP contribution is -2.47. The standard InChI is InChI=1S/C14H28N2O2/c1-12(2)9-15(10-13(3)4)11-14(17)16-5-7-18-8-6-16/h12-13H,5-11H2,1-4H3. The van der Waals surface area contributed by atoms with E-state index in [2.05, 4.69) is 32.6 Å². The van der Waals surface area contributed by atoms with E-state index in [1.165, 1.54) is 0 Å². The molecule has 1 aliphatic heterocycles. The molecule has 1 amide bonds. The number of carbonyl (C=O) groups is 1. The molecule has 1 heterocycles. The molecule has 0 aliphatic carbocycles. The normalized spacial score (nSPS) is 16.9. The fourth-order valence-corrected chi connectivity index (χ4v) is 2.34. The Hall–Kier alpha value is -0.610. The molecule has 0 aromatic heterocycles. The Morgan fingerprint density at radius 3 is 2.06 bits per heavy atom. The van der Waals surface area contributed by atoms with E-state index in [-0.39, 0.29) is 5.91 Å². The number of morpholine rings is 1. The molecule has 0 atom stereocenters. The Morgan fingerprint density at radius 1 is 1.11 bits per heavy atom. The highest BCUT2D eigenvalue weighted by atomic mass is 16.5. The summed E-state index contributed by atoms with van der Waals surface area (Å²) in [6, 6.07) is 0. The first-order valence-corrected chi connectivity index (χ1v) is 7.07. The summed E-state index contributed by atoms with van der Waals surface area (Å²) in [5.41, 5.74) is 0. The minimum Gasteiger partial charge on any atom is -0.378 e. The maximum atomic E-state index is 12.2. The highest BCUT2D eigenvalue weighted by Gasteiger charge is 2.20. The summed E-state index contributed by atoms with van der Waals surface area (Å²) in [4.78, 5) is 16.4. The number of carbonyl (C=O) groups excluding carboxylic acids is 1. The molecule has 1 fully saturated rings. The molecule has 4 nitrogen and oxygen atoms in total. The van der Waals surface area contributed by atoms with Gasteiger partial charge in [0.15, 0.2) is 0 Å². The van der Waals surface area contributed by atoms with Gasteiger partial charge in [0.2, 0.25) is 5.91 Å². The highest BCUT2D eigenvalue weighted by Crippen LogP contribution is 2.06. The van der Waals surface area contributed by atoms with E-state index in [4.69, 9.17) is 4.74 Å². The van der Waals surface area contributed by atoms with E-state index in [9.17, 15) is 4.79 Å². The minimum atomic E-state index is 0.250. The molecule has 0 bridgehead atoms. The highest BCUT2D eigenvalue weighted by molar-refractivity contribution is 5.78. The van der Waals surface area contributed by atoms with Gasteiger partial charge in [0.1, 0.15) is 0 Å². The second kappa shape index (κ2) is 7.74. The fraction of sp³-hybridized carbons (Fsp3) is 0.929. The summed E-state index contributed by atoms with van der Waals surface area (Å²) in [6.07, 6.45) is 0. The van der Waals surface area contributed by atoms with Crippen molar-refractivity contribution in [2.24, 2.45) is 11.8 Å². The van der Waals surface area contributed by atoms with Gasteiger partial charge in [0, 0.05) is 26.2 Å². The summed E-state index contributed by atoms with van der Waals surface area (Å²) in [6.45, 7) is 14.2. The predicted octanol–water partition coefficient (Wildman–Crippen LogP) is 1.46. The molecule has 18 heavy (non-hydrogen) atoms. The van der Waals surface area contributed by atoms with Crippen LogP contribution in [0.3, 0.4) is 0 Å². The molecule has 0 N–H and O–H groups in total. The third kappa shape index (κ3) is 5.83. The molecular formula is C14H28N2O2. The van der Waals surface area contributed by atoms with Gasteiger partial charge < -0.3 is 9.64 Å². The van der Waals surface area contributed by atoms with Gasteiger partial charge in [-0.3, -0.25) is 9.69 Å². The van der Waals surface area contributed by atoms with E-state index < -0.39 is 0 Å². The number of rotatable bonds is 6. The summed E-state index contributed by atoms with van der Waals surface area (Å²) in [7, 11) is 0. The van der Waals surface area contributed by atoms with Crippen LogP contribution >= 0.6 is 0 Å². The zero-order chi connectivity index (χ0) is 13.5. The third-order valence-electron chi connectivity index (χ3n) is 2.97. The first-order chi connectivity index (χ1) is 8.49. The number of ether oxygens (including phenoxy) is 1. The molecule has 1 rings (SSSR count). The molecule has 0 aromatic rings. The van der Waals surface area contributed by atoms with Crippen molar-refractivity contribution < 1.29 is 9.53 Å². The van der Waals surface area contributed by atoms with Gasteiger partial charge in [-0.2, -0.15) is 0 Å². The first kappa shape index (κ1) is 15.4. The smallest absolute Gasteiger partial charge is 0.236 e. The van der Waals surface area contributed by atoms with Gasteiger partial charge in [0.05, 0.1) is 19.8 Å². The van der Waals surface area contributed by atoms with Crippen LogP contribution in [0, 0.1) is 11.8 Å². The number of nitrogens with zero attached hydrogens (tertiary/aromatic N) is 2. The number of hydrogen-bond acceptors (Lipinski definition) is 3. The van der Waals surface area contributed by atoms with Crippen LogP contribution in [0.15, 0.2) is 0 Å². The minimum absolute atomic E-state index is 0.250. The van der Waals surface area contributed by atoms with Gasteiger partial charge in [-0.15, -0.1) is 0 Å². The van der Waals surface area contributed by atoms with E-state index in [0.717, 1.165) is 26.2 Å². The molecule has 0 saturated carbocycles. The molecule has 0 spiro atoms. The Balaban J connectivity index is 2.44. The molecule has 0 aromatic carbocycles. The monoisotopic (exact) mass is 256 g/mol. The average Bonchev–Trinajstić information content (AvgIpc) is 2.28. The van der Waals surface area contributed by atoms with E-state index in [1.54, 1.807) is 0 Å². The van der Waals surface area contributed by atoms with Crippen LogP contribution in [-0.4, -0.2) is 61.6 Å². The van der Waals surface area contributed by atoms with Crippen LogP contribution in [0.25, 0.3) is 0 Å². The van der Waals surface area contributed by atoms with Crippen LogP contribution in [0.1, 0.15) is 27.7 Å². The summed E-state index contributed by atoms with van der Waals surface area (Å²) in [5.74, 6) is 1.45. The van der Waals surface area contributed by atoms with E-state index in [0.29, 0.717) is 31.6 Å². The first-order valence-electron chi connectivity index (χ1n) is 7.07. The van der Waals surface area contributed by atoms with Crippen molar-refractivity contribution in [1.29, 1.82) is 0 Å². The molecule has 4 heteroatoms. The second-order valence-electron chi connectivity index (χ2n) is 5.97. The van der Waals surface area contributed by atoms with Crippen molar-refractivity contribution in [2.75, 3.05) is 45.9 Å². The lowest BCUT2D eigenvalue weighted by atomic mass is 10.1. The lowest BCUT2D eigenvalue weighted by Gasteiger charge is -2.31. The summed E-state index contributed by atoms with van der Waals surface area (Å²) < 4.78 is 5.28. The Labute approximate surface area is 111 Å². The Morgan fingerprint density at radius 2 is 1.61 bits per heavy atom. The van der Waals surface area contributed by atoms with Crippen molar-refractivity contribution in [1.82, 2.24) is 9.80 Å². The predicted molar refractivity (Wildman–Crippen MR) is 73.5 cm³/mol. The van der Waals surface area contributed by atoms with Crippen molar-refractivity contribution in [3.05, 3.63) is 0 Å². The van der Waals surface area contributed by atoms with Crippen molar-refractivity contribution in [2.45, 2.75) is 27.7 Å². The molecular weight excluding hydrogens is 228 g/mol. The largest absolute Gasteiger partial charge is 0.378 e. The Bertz CT molecular complexity index is 238. The van der Waals surface area contributed by atoms with E-state index in [1.807, 2.05) is 4.90 Å². The zero-order valence-electron chi connectivity index (χ0n) is 12.3. The van der Waals surface area contributed by atoms with Crippen LogP contribution in [0.4, 0.5) is 0 Å². The van der Waals surface area contributed by atoms with Crippen LogP contribution in [-0.2, 0) is 9.53 Å². The number of amides is 1. The molecule has 106 valence electrons. The fourth-order valence-electron chi connectivity index (χ4n) is 2.34. The maximum Gasteiger partial charge on any atom is 0.236 e. The van der Waals surface area contributed by atoms with Gasteiger partial charge in [0.25, 0.3) is 0 Å². The van der Waals surface area contributed by atoms with E-state index >= 15 is 0 Å². The topological polar surface area (TPSA) is 32.8 Å². The van der Waals surface area contributed by atoms with Crippen LogP contribution in [0.5, 0.6) is 0 Å². The third-order valence-corrected chi connectivity index (χ3v) is 2.97. The second-order valence-corrected chi connectivity index (χ2v) is 5.97. The van der Waals surface area contributed by atoms with Crippen molar-refractivity contribution in [3.63, 3.8) is 0 Å². The quantitative estimate of drug-likeness (QED) is 0.721. The zero-order valence-corrected chi connectivity index (χ0v) is 12.3. The molecule has 1 aliphatic rings. The summed E-state index contributed by atoms with van der Waals surface area (Å²) in [5, 5.41) is 0. The van der Waals surface area contributed by atoms with Gasteiger partial charge >= 0.3 is 0 Å². The molecule has 0 radical (unpaired) electrons. The lowest BCUT2D eigenvalue weighted by molar-refractivity contribution is -0.136. The molecule has 1 saturated heterocycles. The van der Waals surface area contributed by atoms with Crippen LogP contribution in [0.2, 0.25) is 0 Å². The summed E-state index contributed by atoms with van der Waals surface area (Å²) >= 11 is 0. The Kier molecular flexibility index (Phi) is 6.65. The maximum absolute atomic E-state index is 12.2. The van der Waals surface area contributed by atoms with Gasteiger partial charge in [-0.05, 0) is 11.8 Å². The van der Waals surface area contributed by atoms with Crippen LogP contribution < -0.4 is 0 Å².